The Morgan fingerprint density at radius 1 is 1.44 bits per heavy atom. The van der Waals surface area contributed by atoms with Crippen LogP contribution in [-0.2, 0) is 22.7 Å². The number of hydrogen-bond donors (Lipinski definition) is 0. The summed E-state index contributed by atoms with van der Waals surface area (Å²) < 4.78 is 15.1. The molecule has 0 spiro atoms. The zero-order chi connectivity index (χ0) is 11.7. The second-order valence-corrected chi connectivity index (χ2v) is 3.80. The van der Waals surface area contributed by atoms with Gasteiger partial charge >= 0.3 is 5.97 Å². The molecular formula is C11H11ClO4. The van der Waals surface area contributed by atoms with Crippen LogP contribution in [0.4, 0.5) is 0 Å². The number of hydrogen-bond acceptors (Lipinski definition) is 4. The first-order valence-electron chi connectivity index (χ1n) is 4.73. The van der Waals surface area contributed by atoms with Crippen LogP contribution in [-0.4, -0.2) is 20.2 Å². The molecule has 0 aliphatic carbocycles. The van der Waals surface area contributed by atoms with Gasteiger partial charge in [-0.15, -0.1) is 0 Å². The molecule has 0 unspecified atom stereocenters. The van der Waals surface area contributed by atoms with Gasteiger partial charge in [0.15, 0.2) is 5.75 Å². The van der Waals surface area contributed by atoms with Crippen molar-refractivity contribution in [2.75, 3.05) is 14.2 Å². The van der Waals surface area contributed by atoms with Gasteiger partial charge in [-0.2, -0.15) is 0 Å². The second kappa shape index (κ2) is 4.31. The van der Waals surface area contributed by atoms with Gasteiger partial charge in [-0.1, -0.05) is 11.6 Å². The number of halogens is 1. The molecule has 4 nitrogen and oxygen atoms in total. The summed E-state index contributed by atoms with van der Waals surface area (Å²) in [5, 5.41) is 0.396. The lowest BCUT2D eigenvalue weighted by atomic mass is 10.0. The summed E-state index contributed by atoms with van der Waals surface area (Å²) in [5.74, 6) is -0.112. The summed E-state index contributed by atoms with van der Waals surface area (Å²) in [7, 11) is 2.79. The third-order valence-corrected chi connectivity index (χ3v) is 2.81. The van der Waals surface area contributed by atoms with Crippen LogP contribution >= 0.6 is 11.6 Å². The molecule has 0 amide bonds. The number of benzene rings is 1. The number of methoxy groups -OCH3 is 2. The fourth-order valence-electron chi connectivity index (χ4n) is 1.80. The Balaban J connectivity index is 2.66. The van der Waals surface area contributed by atoms with Crippen LogP contribution in [0.2, 0.25) is 5.02 Å². The van der Waals surface area contributed by atoms with Crippen LogP contribution in [0.25, 0.3) is 0 Å². The molecule has 0 fully saturated rings. The second-order valence-electron chi connectivity index (χ2n) is 3.39. The van der Waals surface area contributed by atoms with Crippen molar-refractivity contribution in [1.29, 1.82) is 0 Å². The molecule has 1 aliphatic heterocycles. The van der Waals surface area contributed by atoms with Crippen LogP contribution in [0, 0.1) is 0 Å². The standard InChI is InChI=1S/C11H11ClO4/c1-14-10-8(12)3-6-4-16-5-7(6)9(10)11(13)15-2/h3H,4-5H2,1-2H3. The monoisotopic (exact) mass is 242 g/mol. The topological polar surface area (TPSA) is 44.8 Å². The molecular weight excluding hydrogens is 232 g/mol. The lowest BCUT2D eigenvalue weighted by molar-refractivity contribution is 0.0592. The molecule has 5 heteroatoms. The number of rotatable bonds is 2. The molecule has 1 aromatic rings. The van der Waals surface area contributed by atoms with Crippen molar-refractivity contribution in [2.24, 2.45) is 0 Å². The Hall–Kier alpha value is -1.26. The maximum Gasteiger partial charge on any atom is 0.342 e. The molecule has 2 rings (SSSR count). The molecule has 1 aliphatic rings. The number of esters is 1. The van der Waals surface area contributed by atoms with Gasteiger partial charge in [-0.3, -0.25) is 0 Å². The highest BCUT2D eigenvalue weighted by atomic mass is 35.5. The summed E-state index contributed by atoms with van der Waals surface area (Å²) in [5.41, 5.74) is 2.07. The third kappa shape index (κ3) is 1.64. The predicted octanol–water partition coefficient (Wildman–Crippen LogP) is 2.17. The largest absolute Gasteiger partial charge is 0.494 e. The summed E-state index contributed by atoms with van der Waals surface area (Å²) in [4.78, 5) is 11.7. The predicted molar refractivity (Wildman–Crippen MR) is 57.8 cm³/mol. The van der Waals surface area contributed by atoms with E-state index < -0.39 is 5.97 Å². The van der Waals surface area contributed by atoms with E-state index in [1.165, 1.54) is 14.2 Å². The normalized spacial score (nSPS) is 13.4. The quantitative estimate of drug-likeness (QED) is 0.746. The fraction of sp³-hybridized carbons (Fsp3) is 0.364. The van der Waals surface area contributed by atoms with Gasteiger partial charge in [-0.25, -0.2) is 4.79 Å². The Bertz CT molecular complexity index is 438. The highest BCUT2D eigenvalue weighted by Gasteiger charge is 2.26. The average molecular weight is 243 g/mol. The molecule has 1 heterocycles. The molecule has 0 atom stereocenters. The van der Waals surface area contributed by atoms with E-state index in [2.05, 4.69) is 0 Å². The average Bonchev–Trinajstić information content (AvgIpc) is 2.73. The highest BCUT2D eigenvalue weighted by Crippen LogP contribution is 2.37. The van der Waals surface area contributed by atoms with Crippen LogP contribution in [0.1, 0.15) is 21.5 Å². The molecule has 16 heavy (non-hydrogen) atoms. The Morgan fingerprint density at radius 3 is 2.81 bits per heavy atom. The van der Waals surface area contributed by atoms with Crippen LogP contribution < -0.4 is 4.74 Å². The Labute approximate surface area is 98.1 Å². The van der Waals surface area contributed by atoms with Gasteiger partial charge in [0.05, 0.1) is 32.5 Å². The van der Waals surface area contributed by atoms with Crippen molar-refractivity contribution in [2.45, 2.75) is 13.2 Å². The summed E-state index contributed by atoms with van der Waals surface area (Å²) in [6, 6.07) is 1.76. The zero-order valence-corrected chi connectivity index (χ0v) is 9.76. The smallest absolute Gasteiger partial charge is 0.342 e. The first-order chi connectivity index (χ1) is 7.69. The van der Waals surface area contributed by atoms with Crippen molar-refractivity contribution in [3.8, 4) is 5.75 Å². The van der Waals surface area contributed by atoms with E-state index in [0.29, 0.717) is 29.5 Å². The van der Waals surface area contributed by atoms with E-state index in [9.17, 15) is 4.79 Å². The van der Waals surface area contributed by atoms with Gasteiger partial charge in [0.25, 0.3) is 0 Å². The number of ether oxygens (including phenoxy) is 3. The molecule has 1 aromatic carbocycles. The molecule has 0 saturated heterocycles. The minimum atomic E-state index is -0.457. The molecule has 0 N–H and O–H groups in total. The lowest BCUT2D eigenvalue weighted by Gasteiger charge is -2.12. The Kier molecular flexibility index (Phi) is 3.03. The maximum atomic E-state index is 11.7. The van der Waals surface area contributed by atoms with E-state index in [1.807, 2.05) is 0 Å². The third-order valence-electron chi connectivity index (χ3n) is 2.53. The fourth-order valence-corrected chi connectivity index (χ4v) is 2.10. The van der Waals surface area contributed by atoms with Crippen molar-refractivity contribution in [3.63, 3.8) is 0 Å². The van der Waals surface area contributed by atoms with Gasteiger partial charge in [0.1, 0.15) is 5.56 Å². The summed E-state index contributed by atoms with van der Waals surface area (Å²) in [6.07, 6.45) is 0. The van der Waals surface area contributed by atoms with Crippen molar-refractivity contribution < 1.29 is 19.0 Å². The van der Waals surface area contributed by atoms with Crippen molar-refractivity contribution >= 4 is 17.6 Å². The van der Waals surface area contributed by atoms with E-state index in [1.54, 1.807) is 6.07 Å². The van der Waals surface area contributed by atoms with Gasteiger partial charge in [-0.05, 0) is 11.6 Å². The van der Waals surface area contributed by atoms with E-state index in [-0.39, 0.29) is 0 Å². The van der Waals surface area contributed by atoms with Gasteiger partial charge in [0, 0.05) is 5.56 Å². The van der Waals surface area contributed by atoms with Crippen molar-refractivity contribution in [1.82, 2.24) is 0 Å². The minimum absolute atomic E-state index is 0.345. The van der Waals surface area contributed by atoms with Crippen LogP contribution in [0.15, 0.2) is 6.07 Å². The van der Waals surface area contributed by atoms with Crippen LogP contribution in [0.5, 0.6) is 5.75 Å². The van der Waals surface area contributed by atoms with E-state index in [4.69, 9.17) is 25.8 Å². The Morgan fingerprint density at radius 2 is 2.19 bits per heavy atom. The van der Waals surface area contributed by atoms with E-state index in [0.717, 1.165) is 11.1 Å². The first kappa shape index (κ1) is 11.2. The lowest BCUT2D eigenvalue weighted by Crippen LogP contribution is -2.08. The SMILES string of the molecule is COC(=O)c1c2c(cc(Cl)c1OC)COC2. The molecule has 86 valence electrons. The maximum absolute atomic E-state index is 11.7. The van der Waals surface area contributed by atoms with Crippen molar-refractivity contribution in [3.05, 3.63) is 27.8 Å². The molecule has 0 saturated carbocycles. The number of carbonyl (C=O) groups is 1. The van der Waals surface area contributed by atoms with Gasteiger partial charge in [0.2, 0.25) is 0 Å². The zero-order valence-electron chi connectivity index (χ0n) is 9.00. The summed E-state index contributed by atoms with van der Waals surface area (Å²) >= 11 is 6.03. The number of fused-ring (bicyclic) bond motifs is 1. The van der Waals surface area contributed by atoms with Crippen LogP contribution in [0.3, 0.4) is 0 Å². The minimum Gasteiger partial charge on any atom is -0.494 e. The summed E-state index contributed by atoms with van der Waals surface area (Å²) in [6.45, 7) is 0.844. The molecule has 0 aromatic heterocycles. The van der Waals surface area contributed by atoms with E-state index >= 15 is 0 Å². The number of carbonyl (C=O) groups excluding carboxylic acids is 1. The first-order valence-corrected chi connectivity index (χ1v) is 5.11. The molecule has 0 bridgehead atoms. The highest BCUT2D eigenvalue weighted by molar-refractivity contribution is 6.32. The van der Waals surface area contributed by atoms with Gasteiger partial charge < -0.3 is 14.2 Å². The molecule has 0 radical (unpaired) electrons.